The van der Waals surface area contributed by atoms with E-state index < -0.39 is 17.8 Å². The van der Waals surface area contributed by atoms with E-state index in [0.717, 1.165) is 11.1 Å². The highest BCUT2D eigenvalue weighted by Crippen LogP contribution is 2.37. The van der Waals surface area contributed by atoms with Crippen molar-refractivity contribution in [2.75, 3.05) is 19.6 Å². The van der Waals surface area contributed by atoms with Gasteiger partial charge in [0.1, 0.15) is 5.60 Å². The first-order chi connectivity index (χ1) is 13.5. The van der Waals surface area contributed by atoms with Gasteiger partial charge < -0.3 is 19.3 Å². The fourth-order valence-electron chi connectivity index (χ4n) is 3.95. The van der Waals surface area contributed by atoms with Crippen LogP contribution in [0.1, 0.15) is 51.8 Å². The van der Waals surface area contributed by atoms with E-state index in [1.165, 1.54) is 0 Å². The summed E-state index contributed by atoms with van der Waals surface area (Å²) in [5.41, 5.74) is 1.39. The Hall–Kier alpha value is -1.50. The lowest BCUT2D eigenvalue weighted by Gasteiger charge is -2.41. The van der Waals surface area contributed by atoms with Gasteiger partial charge in [-0.05, 0) is 64.3 Å². The van der Waals surface area contributed by atoms with Crippen LogP contribution in [0.3, 0.4) is 0 Å². The van der Waals surface area contributed by atoms with Crippen LogP contribution in [0.25, 0.3) is 0 Å². The first kappa shape index (κ1) is 22.2. The van der Waals surface area contributed by atoms with E-state index in [2.05, 4.69) is 0 Å². The summed E-state index contributed by atoms with van der Waals surface area (Å²) in [5.74, 6) is -0.144. The first-order valence-electron chi connectivity index (χ1n) is 9.88. The van der Waals surface area contributed by atoms with Crippen molar-refractivity contribution in [3.63, 3.8) is 0 Å². The number of nitrogens with zero attached hydrogens (tertiary/aromatic N) is 2. The van der Waals surface area contributed by atoms with Crippen LogP contribution in [-0.4, -0.2) is 59.2 Å². The largest absolute Gasteiger partial charge is 0.444 e. The second-order valence-corrected chi connectivity index (χ2v) is 9.58. The number of amides is 2. The van der Waals surface area contributed by atoms with E-state index in [1.807, 2.05) is 40.7 Å². The predicted octanol–water partition coefficient (Wildman–Crippen LogP) is 4.46. The molecule has 0 saturated carbocycles. The molecule has 3 unspecified atom stereocenters. The number of hydrogen-bond donors (Lipinski definition) is 0. The number of hydrogen-bond acceptors (Lipinski definition) is 4. The van der Waals surface area contributed by atoms with Gasteiger partial charge in [-0.25, -0.2) is 4.79 Å². The molecule has 8 heteroatoms. The molecule has 0 bridgehead atoms. The van der Waals surface area contributed by atoms with E-state index in [0.29, 0.717) is 29.6 Å². The van der Waals surface area contributed by atoms with Gasteiger partial charge in [-0.15, -0.1) is 0 Å². The second-order valence-electron chi connectivity index (χ2n) is 8.74. The SMILES string of the molecule is CC1CN(C(=O)OC(C)(C)C)CC(C(=O)N2CCc3cc(Cl)cc(Cl)c3C2C)O1. The minimum absolute atomic E-state index is 0.144. The third-order valence-electron chi connectivity index (χ3n) is 5.16. The molecule has 1 aromatic rings. The topological polar surface area (TPSA) is 59.1 Å². The molecule has 2 aliphatic heterocycles. The third-order valence-corrected chi connectivity index (χ3v) is 5.69. The molecule has 1 saturated heterocycles. The van der Waals surface area contributed by atoms with Gasteiger partial charge in [0, 0.05) is 16.6 Å². The lowest BCUT2D eigenvalue weighted by Crippen LogP contribution is -2.56. The molecule has 0 aliphatic carbocycles. The average Bonchev–Trinajstić information content (AvgIpc) is 2.58. The molecule has 29 heavy (non-hydrogen) atoms. The van der Waals surface area contributed by atoms with Crippen LogP contribution < -0.4 is 0 Å². The summed E-state index contributed by atoms with van der Waals surface area (Å²) in [7, 11) is 0. The van der Waals surface area contributed by atoms with Crippen LogP contribution in [0.2, 0.25) is 10.0 Å². The number of benzene rings is 1. The monoisotopic (exact) mass is 442 g/mol. The maximum atomic E-state index is 13.3. The van der Waals surface area contributed by atoms with Crippen LogP contribution in [0.4, 0.5) is 4.79 Å². The van der Waals surface area contributed by atoms with E-state index in [-0.39, 0.29) is 24.6 Å². The maximum Gasteiger partial charge on any atom is 0.410 e. The van der Waals surface area contributed by atoms with Crippen LogP contribution in [0.5, 0.6) is 0 Å². The van der Waals surface area contributed by atoms with E-state index in [4.69, 9.17) is 32.7 Å². The summed E-state index contributed by atoms with van der Waals surface area (Å²) >= 11 is 12.5. The molecule has 2 aliphatic rings. The van der Waals surface area contributed by atoms with Crippen molar-refractivity contribution in [3.8, 4) is 0 Å². The lowest BCUT2D eigenvalue weighted by atomic mass is 9.93. The number of halogens is 2. The molecule has 0 spiro atoms. The number of carbonyl (C=O) groups excluding carboxylic acids is 2. The van der Waals surface area contributed by atoms with Crippen molar-refractivity contribution >= 4 is 35.2 Å². The Balaban J connectivity index is 1.76. The van der Waals surface area contributed by atoms with Gasteiger partial charge in [0.2, 0.25) is 0 Å². The lowest BCUT2D eigenvalue weighted by molar-refractivity contribution is -0.157. The van der Waals surface area contributed by atoms with Crippen molar-refractivity contribution in [1.29, 1.82) is 0 Å². The van der Waals surface area contributed by atoms with Gasteiger partial charge in [-0.3, -0.25) is 4.79 Å². The predicted molar refractivity (Wildman–Crippen MR) is 112 cm³/mol. The number of ether oxygens (including phenoxy) is 2. The van der Waals surface area contributed by atoms with Gasteiger partial charge in [0.15, 0.2) is 6.10 Å². The second kappa shape index (κ2) is 8.32. The zero-order valence-corrected chi connectivity index (χ0v) is 19.0. The maximum absolute atomic E-state index is 13.3. The van der Waals surface area contributed by atoms with Crippen molar-refractivity contribution in [1.82, 2.24) is 9.80 Å². The molecule has 1 aromatic carbocycles. The van der Waals surface area contributed by atoms with Crippen LogP contribution in [-0.2, 0) is 20.7 Å². The Morgan fingerprint density at radius 2 is 1.86 bits per heavy atom. The molecule has 0 radical (unpaired) electrons. The highest BCUT2D eigenvalue weighted by molar-refractivity contribution is 6.35. The molecular weight excluding hydrogens is 415 g/mol. The van der Waals surface area contributed by atoms with E-state index >= 15 is 0 Å². The summed E-state index contributed by atoms with van der Waals surface area (Å²) in [6.07, 6.45) is -0.759. The first-order valence-corrected chi connectivity index (χ1v) is 10.6. The van der Waals surface area contributed by atoms with Gasteiger partial charge in [-0.1, -0.05) is 23.2 Å². The van der Waals surface area contributed by atoms with Crippen LogP contribution >= 0.6 is 23.2 Å². The Bertz CT molecular complexity index is 809. The normalized spacial score (nSPS) is 24.9. The molecule has 3 rings (SSSR count). The minimum Gasteiger partial charge on any atom is -0.444 e. The highest BCUT2D eigenvalue weighted by Gasteiger charge is 2.39. The quantitative estimate of drug-likeness (QED) is 0.643. The van der Waals surface area contributed by atoms with Gasteiger partial charge in [-0.2, -0.15) is 0 Å². The average molecular weight is 443 g/mol. The summed E-state index contributed by atoms with van der Waals surface area (Å²) in [6, 6.07) is 3.41. The van der Waals surface area contributed by atoms with Gasteiger partial charge in [0.25, 0.3) is 5.91 Å². The Morgan fingerprint density at radius 1 is 1.17 bits per heavy atom. The van der Waals surface area contributed by atoms with Crippen molar-refractivity contribution in [2.24, 2.45) is 0 Å². The Morgan fingerprint density at radius 3 is 2.52 bits per heavy atom. The molecular formula is C21H28Cl2N2O4. The number of carbonyl (C=O) groups is 2. The highest BCUT2D eigenvalue weighted by atomic mass is 35.5. The molecule has 160 valence electrons. The fraction of sp³-hybridized carbons (Fsp3) is 0.619. The zero-order valence-electron chi connectivity index (χ0n) is 17.5. The number of fused-ring (bicyclic) bond motifs is 1. The number of rotatable bonds is 1. The molecule has 1 fully saturated rings. The summed E-state index contributed by atoms with van der Waals surface area (Å²) in [6.45, 7) is 10.4. The Kier molecular flexibility index (Phi) is 6.37. The molecule has 3 atom stereocenters. The molecule has 2 heterocycles. The summed E-state index contributed by atoms with van der Waals surface area (Å²) in [4.78, 5) is 29.1. The minimum atomic E-state index is -0.735. The van der Waals surface area contributed by atoms with E-state index in [9.17, 15) is 9.59 Å². The zero-order chi connectivity index (χ0) is 21.5. The smallest absolute Gasteiger partial charge is 0.410 e. The van der Waals surface area contributed by atoms with Crippen LogP contribution in [0.15, 0.2) is 12.1 Å². The molecule has 6 nitrogen and oxygen atoms in total. The molecule has 0 aromatic heterocycles. The van der Waals surface area contributed by atoms with Gasteiger partial charge >= 0.3 is 6.09 Å². The van der Waals surface area contributed by atoms with Crippen molar-refractivity contribution in [2.45, 2.75) is 64.9 Å². The molecule has 2 amide bonds. The van der Waals surface area contributed by atoms with Gasteiger partial charge in [0.05, 0.1) is 25.2 Å². The fourth-order valence-corrected chi connectivity index (χ4v) is 4.65. The van der Waals surface area contributed by atoms with Crippen LogP contribution in [0, 0.1) is 0 Å². The standard InChI is InChI=1S/C21H28Cl2N2O4/c1-12-10-24(20(27)29-21(3,4)5)11-17(28-12)19(26)25-7-6-14-8-15(22)9-16(23)18(14)13(25)2/h8-9,12-13,17H,6-7,10-11H2,1-5H3. The third kappa shape index (κ3) is 4.98. The van der Waals surface area contributed by atoms with Crippen molar-refractivity contribution in [3.05, 3.63) is 33.3 Å². The van der Waals surface area contributed by atoms with Crippen molar-refractivity contribution < 1.29 is 19.1 Å². The van der Waals surface area contributed by atoms with E-state index in [1.54, 1.807) is 15.9 Å². The molecule has 0 N–H and O–H groups in total. The summed E-state index contributed by atoms with van der Waals surface area (Å²) in [5, 5.41) is 1.16. The number of morpholine rings is 1. The Labute approximate surface area is 182 Å². The summed E-state index contributed by atoms with van der Waals surface area (Å²) < 4.78 is 11.4.